The maximum atomic E-state index is 12.8. The van der Waals surface area contributed by atoms with E-state index in [1.54, 1.807) is 13.8 Å². The highest BCUT2D eigenvalue weighted by Crippen LogP contribution is 2.09. The van der Waals surface area contributed by atoms with E-state index in [0.29, 0.717) is 0 Å². The highest BCUT2D eigenvalue weighted by molar-refractivity contribution is 5.95. The number of hydrogen-bond acceptors (Lipinski definition) is 8. The first-order valence-corrected chi connectivity index (χ1v) is 10.7. The van der Waals surface area contributed by atoms with Crippen LogP contribution in [0.1, 0.15) is 52.4 Å². The summed E-state index contributed by atoms with van der Waals surface area (Å²) in [5.41, 5.74) is 10.5. The predicted octanol–water partition coefficient (Wildman–Crippen LogP) is -2.50. The van der Waals surface area contributed by atoms with Crippen molar-refractivity contribution in [2.75, 3.05) is 0 Å². The Hall–Kier alpha value is -3.75. The van der Waals surface area contributed by atoms with Gasteiger partial charge in [-0.2, -0.15) is 0 Å². The van der Waals surface area contributed by atoms with E-state index in [9.17, 15) is 38.7 Å². The normalized spacial score (nSPS) is 14.2. The minimum atomic E-state index is -1.53. The lowest BCUT2D eigenvalue weighted by Gasteiger charge is -2.26. The van der Waals surface area contributed by atoms with Crippen LogP contribution in [0.2, 0.25) is 0 Å². The highest BCUT2D eigenvalue weighted by Gasteiger charge is 2.31. The first-order valence-electron chi connectivity index (χ1n) is 10.7. The summed E-state index contributed by atoms with van der Waals surface area (Å²) in [4.78, 5) is 81.9. The molecular formula is C20H33N5O10. The van der Waals surface area contributed by atoms with Gasteiger partial charge in [-0.15, -0.1) is 0 Å². The predicted molar refractivity (Wildman–Crippen MR) is 118 cm³/mol. The molecule has 10 N–H and O–H groups in total. The van der Waals surface area contributed by atoms with E-state index in [2.05, 4.69) is 16.0 Å². The Morgan fingerprint density at radius 1 is 0.714 bits per heavy atom. The van der Waals surface area contributed by atoms with Crippen molar-refractivity contribution < 1.29 is 48.9 Å². The SMILES string of the molecule is CC(C)CC(NC(=O)C(CCC(=O)O)NC(=O)C(N)CC(N)=O)C(=O)NC(CCC(=O)O)C(=O)O. The average molecular weight is 504 g/mol. The molecule has 0 aromatic rings. The van der Waals surface area contributed by atoms with Crippen molar-refractivity contribution in [3.63, 3.8) is 0 Å². The van der Waals surface area contributed by atoms with E-state index in [1.807, 2.05) is 0 Å². The van der Waals surface area contributed by atoms with Gasteiger partial charge in [-0.25, -0.2) is 4.79 Å². The third-order valence-electron chi connectivity index (χ3n) is 4.64. The minimum Gasteiger partial charge on any atom is -0.481 e. The Morgan fingerprint density at radius 2 is 1.14 bits per heavy atom. The Balaban J connectivity index is 5.58. The van der Waals surface area contributed by atoms with Gasteiger partial charge in [-0.3, -0.25) is 28.8 Å². The molecule has 0 aromatic heterocycles. The molecule has 15 nitrogen and oxygen atoms in total. The Bertz CT molecular complexity index is 816. The van der Waals surface area contributed by atoms with Gasteiger partial charge in [-0.1, -0.05) is 13.8 Å². The molecule has 198 valence electrons. The van der Waals surface area contributed by atoms with Gasteiger partial charge in [0.1, 0.15) is 18.1 Å². The number of carboxylic acids is 3. The topological polar surface area (TPSA) is 268 Å². The van der Waals surface area contributed by atoms with Crippen LogP contribution in [-0.2, 0) is 33.6 Å². The average Bonchev–Trinajstić information content (AvgIpc) is 2.71. The molecule has 15 heteroatoms. The van der Waals surface area contributed by atoms with Crippen LogP contribution in [0.15, 0.2) is 0 Å². The number of carbonyl (C=O) groups is 7. The zero-order valence-corrected chi connectivity index (χ0v) is 19.5. The zero-order chi connectivity index (χ0) is 27.3. The molecule has 4 unspecified atom stereocenters. The maximum Gasteiger partial charge on any atom is 0.326 e. The number of nitrogens with one attached hydrogen (secondary N) is 3. The molecule has 0 saturated carbocycles. The van der Waals surface area contributed by atoms with Crippen molar-refractivity contribution >= 4 is 41.5 Å². The van der Waals surface area contributed by atoms with E-state index < -0.39 is 91.4 Å². The number of rotatable bonds is 17. The van der Waals surface area contributed by atoms with Gasteiger partial charge >= 0.3 is 17.9 Å². The molecule has 0 aliphatic carbocycles. The second-order valence-electron chi connectivity index (χ2n) is 8.29. The molecule has 0 heterocycles. The molecule has 0 fully saturated rings. The summed E-state index contributed by atoms with van der Waals surface area (Å²) in [6.07, 6.45) is -2.29. The second-order valence-corrected chi connectivity index (χ2v) is 8.29. The van der Waals surface area contributed by atoms with Crippen LogP contribution in [0.25, 0.3) is 0 Å². The summed E-state index contributed by atoms with van der Waals surface area (Å²) in [6, 6.07) is -5.65. The number of aliphatic carboxylic acids is 3. The van der Waals surface area contributed by atoms with Gasteiger partial charge in [0.2, 0.25) is 23.6 Å². The summed E-state index contributed by atoms with van der Waals surface area (Å²) >= 11 is 0. The molecular weight excluding hydrogens is 470 g/mol. The molecule has 0 aliphatic heterocycles. The van der Waals surface area contributed by atoms with E-state index in [-0.39, 0.29) is 18.8 Å². The highest BCUT2D eigenvalue weighted by atomic mass is 16.4. The van der Waals surface area contributed by atoms with Gasteiger partial charge in [0.05, 0.1) is 12.5 Å². The van der Waals surface area contributed by atoms with Gasteiger partial charge in [-0.05, 0) is 25.2 Å². The molecule has 4 amide bonds. The van der Waals surface area contributed by atoms with Crippen LogP contribution >= 0.6 is 0 Å². The van der Waals surface area contributed by atoms with Gasteiger partial charge in [0, 0.05) is 12.8 Å². The van der Waals surface area contributed by atoms with Crippen molar-refractivity contribution in [2.24, 2.45) is 17.4 Å². The maximum absolute atomic E-state index is 12.8. The van der Waals surface area contributed by atoms with E-state index >= 15 is 0 Å². The van der Waals surface area contributed by atoms with Crippen LogP contribution in [-0.4, -0.2) is 81.0 Å². The standard InChI is InChI=1S/C20H33N5O10/c1-9(2)7-13(19(33)24-12(20(34)35)4-6-16(29)30)25-18(32)11(3-5-15(27)28)23-17(31)10(21)8-14(22)26/h9-13H,3-8,21H2,1-2H3,(H2,22,26)(H,23,31)(H,24,33)(H,25,32)(H,27,28)(H,29,30)(H,34,35). The lowest BCUT2D eigenvalue weighted by Crippen LogP contribution is -2.57. The molecule has 0 aromatic carbocycles. The lowest BCUT2D eigenvalue weighted by atomic mass is 10.0. The Labute approximate surface area is 201 Å². The number of carboxylic acid groups (broad SMARTS) is 3. The first-order chi connectivity index (χ1) is 16.1. The summed E-state index contributed by atoms with van der Waals surface area (Å²) in [5.74, 6) is -7.82. The van der Waals surface area contributed by atoms with Crippen molar-refractivity contribution in [3.05, 3.63) is 0 Å². The van der Waals surface area contributed by atoms with Crippen LogP contribution in [0.4, 0.5) is 0 Å². The van der Waals surface area contributed by atoms with Gasteiger partial charge in [0.15, 0.2) is 0 Å². The fraction of sp³-hybridized carbons (Fsp3) is 0.650. The molecule has 35 heavy (non-hydrogen) atoms. The fourth-order valence-corrected chi connectivity index (χ4v) is 2.90. The third-order valence-corrected chi connectivity index (χ3v) is 4.64. The van der Waals surface area contributed by atoms with Gasteiger partial charge < -0.3 is 42.7 Å². The summed E-state index contributed by atoms with van der Waals surface area (Å²) in [5, 5.41) is 33.7. The van der Waals surface area contributed by atoms with Crippen molar-refractivity contribution in [1.82, 2.24) is 16.0 Å². The van der Waals surface area contributed by atoms with E-state index in [1.165, 1.54) is 0 Å². The van der Waals surface area contributed by atoms with Gasteiger partial charge in [0.25, 0.3) is 0 Å². The Kier molecular flexibility index (Phi) is 13.6. The summed E-state index contributed by atoms with van der Waals surface area (Å²) in [7, 11) is 0. The minimum absolute atomic E-state index is 0.0453. The third kappa shape index (κ3) is 13.5. The quantitative estimate of drug-likeness (QED) is 0.103. The molecule has 0 bridgehead atoms. The van der Waals surface area contributed by atoms with Crippen molar-refractivity contribution in [1.29, 1.82) is 0 Å². The zero-order valence-electron chi connectivity index (χ0n) is 19.5. The number of hydrogen-bond donors (Lipinski definition) is 8. The lowest BCUT2D eigenvalue weighted by molar-refractivity contribution is -0.143. The van der Waals surface area contributed by atoms with E-state index in [4.69, 9.17) is 21.7 Å². The molecule has 0 saturated heterocycles. The van der Waals surface area contributed by atoms with Crippen LogP contribution in [0.3, 0.4) is 0 Å². The number of nitrogens with two attached hydrogens (primary N) is 2. The first kappa shape index (κ1) is 31.2. The Morgan fingerprint density at radius 3 is 1.57 bits per heavy atom. The molecule has 4 atom stereocenters. The largest absolute Gasteiger partial charge is 0.481 e. The van der Waals surface area contributed by atoms with Crippen LogP contribution in [0, 0.1) is 5.92 Å². The second kappa shape index (κ2) is 15.2. The summed E-state index contributed by atoms with van der Waals surface area (Å²) < 4.78 is 0. The van der Waals surface area contributed by atoms with Crippen LogP contribution < -0.4 is 27.4 Å². The van der Waals surface area contributed by atoms with E-state index in [0.717, 1.165) is 0 Å². The smallest absolute Gasteiger partial charge is 0.326 e. The monoisotopic (exact) mass is 503 g/mol. The molecule has 0 radical (unpaired) electrons. The number of carbonyl (C=O) groups excluding carboxylic acids is 4. The molecule has 0 aliphatic rings. The van der Waals surface area contributed by atoms with Crippen LogP contribution in [0.5, 0.6) is 0 Å². The number of primary amides is 1. The van der Waals surface area contributed by atoms with Crippen molar-refractivity contribution in [3.8, 4) is 0 Å². The van der Waals surface area contributed by atoms with Crippen molar-refractivity contribution in [2.45, 2.75) is 76.5 Å². The number of amides is 4. The fourth-order valence-electron chi connectivity index (χ4n) is 2.90. The molecule has 0 rings (SSSR count). The summed E-state index contributed by atoms with van der Waals surface area (Å²) in [6.45, 7) is 3.44. The molecule has 0 spiro atoms.